The average Bonchev–Trinajstić information content (AvgIpc) is 3.25. The topological polar surface area (TPSA) is 57.6 Å². The normalized spacial score (nSPS) is 17.2. The minimum Gasteiger partial charge on any atom is -0.503 e. The predicted molar refractivity (Wildman–Crippen MR) is 98.7 cm³/mol. The molecule has 1 unspecified atom stereocenters. The molecule has 0 fully saturated rings. The van der Waals surface area contributed by atoms with Gasteiger partial charge in [0, 0.05) is 6.54 Å². The molecular weight excluding hydrogens is 353 g/mol. The highest BCUT2D eigenvalue weighted by molar-refractivity contribution is 7.12. The standard InChI is InChI=1S/C20H20FNO3S/c1-2-3-4-11-22-17(13-7-9-14(21)10-8-13)16(19(24)20(22)25)18(23)15-6-5-12-26-15/h5-10,12,17,24H,2-4,11H2,1H3. The molecule has 136 valence electrons. The molecular formula is C20H20FNO3S. The average molecular weight is 373 g/mol. The van der Waals surface area contributed by atoms with Crippen LogP contribution in [-0.2, 0) is 4.79 Å². The van der Waals surface area contributed by atoms with Crippen molar-refractivity contribution >= 4 is 23.0 Å². The van der Waals surface area contributed by atoms with E-state index in [1.165, 1.54) is 28.4 Å². The lowest BCUT2D eigenvalue weighted by molar-refractivity contribution is -0.129. The highest BCUT2D eigenvalue weighted by Gasteiger charge is 2.43. The van der Waals surface area contributed by atoms with Crippen LogP contribution < -0.4 is 0 Å². The molecule has 4 nitrogen and oxygen atoms in total. The number of thiophene rings is 1. The molecule has 0 spiro atoms. The van der Waals surface area contributed by atoms with Crippen molar-refractivity contribution in [2.75, 3.05) is 6.54 Å². The van der Waals surface area contributed by atoms with Crippen molar-refractivity contribution in [2.24, 2.45) is 0 Å². The maximum Gasteiger partial charge on any atom is 0.290 e. The number of rotatable bonds is 7. The van der Waals surface area contributed by atoms with Crippen LogP contribution in [0.15, 0.2) is 53.1 Å². The van der Waals surface area contributed by atoms with Crippen molar-refractivity contribution in [3.05, 3.63) is 69.4 Å². The third-order valence-corrected chi connectivity index (χ3v) is 5.35. The molecule has 2 heterocycles. The van der Waals surface area contributed by atoms with E-state index in [4.69, 9.17) is 0 Å². The Bertz CT molecular complexity index is 827. The van der Waals surface area contributed by atoms with E-state index < -0.39 is 23.5 Å². The van der Waals surface area contributed by atoms with Crippen LogP contribution in [0.2, 0.25) is 0 Å². The molecule has 0 saturated carbocycles. The third-order valence-electron chi connectivity index (χ3n) is 4.48. The zero-order valence-corrected chi connectivity index (χ0v) is 15.3. The summed E-state index contributed by atoms with van der Waals surface area (Å²) in [5.74, 6) is -1.81. The maximum absolute atomic E-state index is 13.3. The number of aliphatic hydroxyl groups excluding tert-OH is 1. The van der Waals surface area contributed by atoms with Gasteiger partial charge in [-0.1, -0.05) is 38.0 Å². The summed E-state index contributed by atoms with van der Waals surface area (Å²) < 4.78 is 13.3. The summed E-state index contributed by atoms with van der Waals surface area (Å²) in [6.45, 7) is 2.49. The SMILES string of the molecule is CCCCCN1C(=O)C(O)=C(C(=O)c2cccs2)C1c1ccc(F)cc1. The van der Waals surface area contributed by atoms with Crippen LogP contribution in [0.4, 0.5) is 4.39 Å². The highest BCUT2D eigenvalue weighted by Crippen LogP contribution is 2.39. The Hall–Kier alpha value is -2.47. The molecule has 1 atom stereocenters. The second-order valence-electron chi connectivity index (χ2n) is 6.23. The van der Waals surface area contributed by atoms with Gasteiger partial charge >= 0.3 is 0 Å². The van der Waals surface area contributed by atoms with Crippen LogP contribution >= 0.6 is 11.3 Å². The molecule has 0 bridgehead atoms. The van der Waals surface area contributed by atoms with Crippen LogP contribution in [0.3, 0.4) is 0 Å². The summed E-state index contributed by atoms with van der Waals surface area (Å²) in [6, 6.07) is 8.42. The van der Waals surface area contributed by atoms with Crippen LogP contribution in [0.1, 0.15) is 47.5 Å². The van der Waals surface area contributed by atoms with Gasteiger partial charge in [-0.3, -0.25) is 9.59 Å². The molecule has 1 N–H and O–H groups in total. The van der Waals surface area contributed by atoms with Crippen molar-refractivity contribution in [1.29, 1.82) is 0 Å². The lowest BCUT2D eigenvalue weighted by Crippen LogP contribution is -2.32. The quantitative estimate of drug-likeness (QED) is 0.567. The Morgan fingerprint density at radius 3 is 2.58 bits per heavy atom. The molecule has 0 radical (unpaired) electrons. The fourth-order valence-corrected chi connectivity index (χ4v) is 3.86. The van der Waals surface area contributed by atoms with Crippen molar-refractivity contribution in [1.82, 2.24) is 4.90 Å². The number of amides is 1. The number of hydrogen-bond acceptors (Lipinski definition) is 4. The van der Waals surface area contributed by atoms with Gasteiger partial charge < -0.3 is 10.0 Å². The second kappa shape index (κ2) is 7.83. The van der Waals surface area contributed by atoms with Gasteiger partial charge in [-0.05, 0) is 35.6 Å². The number of carbonyl (C=O) groups excluding carboxylic acids is 2. The van der Waals surface area contributed by atoms with Crippen LogP contribution in [0.25, 0.3) is 0 Å². The fraction of sp³-hybridized carbons (Fsp3) is 0.300. The first-order valence-electron chi connectivity index (χ1n) is 8.62. The zero-order chi connectivity index (χ0) is 18.7. The Balaban J connectivity index is 2.02. The fourth-order valence-electron chi connectivity index (χ4n) is 3.18. The number of nitrogens with zero attached hydrogens (tertiary/aromatic N) is 1. The number of Topliss-reactive ketones (excluding diaryl/α,β-unsaturated/α-hetero) is 1. The smallest absolute Gasteiger partial charge is 0.290 e. The molecule has 26 heavy (non-hydrogen) atoms. The van der Waals surface area contributed by atoms with Crippen LogP contribution in [-0.4, -0.2) is 28.2 Å². The van der Waals surface area contributed by atoms with E-state index in [2.05, 4.69) is 6.92 Å². The number of unbranched alkanes of at least 4 members (excludes halogenated alkanes) is 2. The van der Waals surface area contributed by atoms with E-state index in [1.54, 1.807) is 29.6 Å². The monoisotopic (exact) mass is 373 g/mol. The molecule has 1 aliphatic rings. The Morgan fingerprint density at radius 1 is 1.23 bits per heavy atom. The lowest BCUT2D eigenvalue weighted by Gasteiger charge is -2.26. The first kappa shape index (κ1) is 18.3. The summed E-state index contributed by atoms with van der Waals surface area (Å²) in [4.78, 5) is 27.5. The van der Waals surface area contributed by atoms with Crippen LogP contribution in [0.5, 0.6) is 0 Å². The molecule has 0 saturated heterocycles. The summed E-state index contributed by atoms with van der Waals surface area (Å²) >= 11 is 1.26. The minimum absolute atomic E-state index is 0.0700. The largest absolute Gasteiger partial charge is 0.503 e. The van der Waals surface area contributed by atoms with E-state index in [0.717, 1.165) is 19.3 Å². The molecule has 0 aliphatic carbocycles. The first-order chi connectivity index (χ1) is 12.5. The van der Waals surface area contributed by atoms with Gasteiger partial charge in [-0.2, -0.15) is 0 Å². The second-order valence-corrected chi connectivity index (χ2v) is 7.18. The Labute approximate surface area is 155 Å². The van der Waals surface area contributed by atoms with Crippen molar-refractivity contribution in [3.63, 3.8) is 0 Å². The number of benzene rings is 1. The molecule has 2 aromatic rings. The van der Waals surface area contributed by atoms with Gasteiger partial charge in [0.1, 0.15) is 5.82 Å². The number of aliphatic hydroxyl groups is 1. The highest BCUT2D eigenvalue weighted by atomic mass is 32.1. The molecule has 3 rings (SSSR count). The number of carbonyl (C=O) groups is 2. The molecule has 1 aliphatic heterocycles. The number of hydrogen-bond donors (Lipinski definition) is 1. The number of ketones is 1. The van der Waals surface area contributed by atoms with Gasteiger partial charge in [-0.25, -0.2) is 4.39 Å². The Kier molecular flexibility index (Phi) is 5.52. The van der Waals surface area contributed by atoms with Gasteiger partial charge in [0.25, 0.3) is 5.91 Å². The van der Waals surface area contributed by atoms with E-state index in [0.29, 0.717) is 17.0 Å². The summed E-state index contributed by atoms with van der Waals surface area (Å²) in [5, 5.41) is 12.2. The minimum atomic E-state index is -0.699. The van der Waals surface area contributed by atoms with E-state index in [9.17, 15) is 19.1 Å². The summed E-state index contributed by atoms with van der Waals surface area (Å²) in [5.41, 5.74) is 0.681. The van der Waals surface area contributed by atoms with Gasteiger partial charge in [-0.15, -0.1) is 11.3 Å². The van der Waals surface area contributed by atoms with E-state index in [-0.39, 0.29) is 11.4 Å². The van der Waals surface area contributed by atoms with Gasteiger partial charge in [0.15, 0.2) is 5.76 Å². The summed E-state index contributed by atoms with van der Waals surface area (Å²) in [7, 11) is 0. The molecule has 6 heteroatoms. The van der Waals surface area contributed by atoms with Crippen molar-refractivity contribution < 1.29 is 19.1 Å². The predicted octanol–water partition coefficient (Wildman–Crippen LogP) is 4.66. The van der Waals surface area contributed by atoms with Crippen LogP contribution in [0, 0.1) is 5.82 Å². The summed E-state index contributed by atoms with van der Waals surface area (Å²) in [6.07, 6.45) is 2.70. The molecule has 1 amide bonds. The molecule has 1 aromatic carbocycles. The van der Waals surface area contributed by atoms with Crippen molar-refractivity contribution in [3.8, 4) is 0 Å². The van der Waals surface area contributed by atoms with E-state index in [1.807, 2.05) is 0 Å². The maximum atomic E-state index is 13.3. The van der Waals surface area contributed by atoms with E-state index >= 15 is 0 Å². The molecule has 1 aromatic heterocycles. The Morgan fingerprint density at radius 2 is 1.96 bits per heavy atom. The van der Waals surface area contributed by atoms with Gasteiger partial charge in [0.2, 0.25) is 5.78 Å². The van der Waals surface area contributed by atoms with Gasteiger partial charge in [0.05, 0.1) is 16.5 Å². The third kappa shape index (κ3) is 3.42. The zero-order valence-electron chi connectivity index (χ0n) is 14.4. The lowest BCUT2D eigenvalue weighted by atomic mass is 9.95. The van der Waals surface area contributed by atoms with Crippen molar-refractivity contribution in [2.45, 2.75) is 32.2 Å². The number of halogens is 1. The first-order valence-corrected chi connectivity index (χ1v) is 9.50.